The number of ether oxygens (including phenoxy) is 1. The first-order valence-electron chi connectivity index (χ1n) is 8.21. The van der Waals surface area contributed by atoms with Crippen LogP contribution in [0.25, 0.3) is 10.9 Å². The molecule has 0 fully saturated rings. The number of nitrogens with zero attached hydrogens (tertiary/aromatic N) is 4. The molecular formula is C18H21N5O. The normalized spacial score (nSPS) is 14.5. The number of fused-ring (bicyclic) bond motifs is 2. The van der Waals surface area contributed by atoms with Crippen molar-refractivity contribution in [2.24, 2.45) is 0 Å². The molecule has 0 aliphatic carbocycles. The summed E-state index contributed by atoms with van der Waals surface area (Å²) in [6.07, 6.45) is 3.59. The fourth-order valence-electron chi connectivity index (χ4n) is 3.22. The average Bonchev–Trinajstić information content (AvgIpc) is 2.87. The fourth-order valence-corrected chi connectivity index (χ4v) is 3.22. The molecule has 0 atom stereocenters. The van der Waals surface area contributed by atoms with E-state index < -0.39 is 0 Å². The summed E-state index contributed by atoms with van der Waals surface area (Å²) in [6.45, 7) is 6.40. The minimum Gasteiger partial charge on any atom is -0.475 e. The third-order valence-corrected chi connectivity index (χ3v) is 4.51. The van der Waals surface area contributed by atoms with Crippen molar-refractivity contribution in [3.8, 4) is 5.88 Å². The van der Waals surface area contributed by atoms with Gasteiger partial charge in [0.25, 0.3) is 0 Å². The number of rotatable bonds is 2. The Morgan fingerprint density at radius 3 is 2.92 bits per heavy atom. The van der Waals surface area contributed by atoms with Crippen LogP contribution in [0.4, 0.5) is 11.5 Å². The lowest BCUT2D eigenvalue weighted by atomic mass is 10.2. The van der Waals surface area contributed by atoms with Gasteiger partial charge in [0.15, 0.2) is 0 Å². The molecule has 124 valence electrons. The van der Waals surface area contributed by atoms with Gasteiger partial charge in [0, 0.05) is 28.8 Å². The Hall–Kier alpha value is -2.76. The molecule has 0 amide bonds. The van der Waals surface area contributed by atoms with Crippen LogP contribution in [0, 0.1) is 0 Å². The first-order chi connectivity index (χ1) is 11.6. The number of hydrogen-bond donors (Lipinski definition) is 1. The number of aromatic nitrogens is 3. The second kappa shape index (κ2) is 5.70. The number of nitrogen functional groups attached to an aromatic ring is 1. The zero-order chi connectivity index (χ0) is 16.7. The van der Waals surface area contributed by atoms with Crippen molar-refractivity contribution in [1.82, 2.24) is 14.5 Å². The smallest absolute Gasteiger partial charge is 0.223 e. The maximum absolute atomic E-state index is 6.02. The summed E-state index contributed by atoms with van der Waals surface area (Å²) in [5.74, 6) is 1.08. The third kappa shape index (κ3) is 2.44. The predicted molar refractivity (Wildman–Crippen MR) is 95.3 cm³/mol. The van der Waals surface area contributed by atoms with Crippen molar-refractivity contribution < 1.29 is 4.74 Å². The highest BCUT2D eigenvalue weighted by atomic mass is 16.5. The van der Waals surface area contributed by atoms with Crippen LogP contribution >= 0.6 is 0 Å². The highest BCUT2D eigenvalue weighted by Crippen LogP contribution is 2.30. The Morgan fingerprint density at radius 2 is 2.08 bits per heavy atom. The minimum atomic E-state index is 0.448. The van der Waals surface area contributed by atoms with Crippen LogP contribution in [0.15, 0.2) is 36.8 Å². The molecule has 0 radical (unpaired) electrons. The van der Waals surface area contributed by atoms with E-state index in [2.05, 4.69) is 63.7 Å². The van der Waals surface area contributed by atoms with Crippen molar-refractivity contribution in [3.05, 3.63) is 42.4 Å². The topological polar surface area (TPSA) is 69.2 Å². The van der Waals surface area contributed by atoms with E-state index in [0.717, 1.165) is 17.8 Å². The second-order valence-electron chi connectivity index (χ2n) is 6.37. The monoisotopic (exact) mass is 323 g/mol. The molecule has 0 saturated heterocycles. The van der Waals surface area contributed by atoms with E-state index in [1.54, 1.807) is 0 Å². The Morgan fingerprint density at radius 1 is 1.21 bits per heavy atom. The molecule has 2 aromatic heterocycles. The van der Waals surface area contributed by atoms with E-state index in [9.17, 15) is 0 Å². The summed E-state index contributed by atoms with van der Waals surface area (Å²) >= 11 is 0. The van der Waals surface area contributed by atoms with E-state index in [1.165, 1.54) is 17.2 Å². The van der Waals surface area contributed by atoms with Gasteiger partial charge in [-0.3, -0.25) is 0 Å². The SMILES string of the molecule is CC(C)n1ccc2cc(N3CCOc4ncnc(N)c4C3)ccc21. The predicted octanol–water partition coefficient (Wildman–Crippen LogP) is 2.99. The van der Waals surface area contributed by atoms with Gasteiger partial charge in [0.05, 0.1) is 18.7 Å². The van der Waals surface area contributed by atoms with Gasteiger partial charge in [-0.25, -0.2) is 9.97 Å². The molecule has 1 aliphatic heterocycles. The average molecular weight is 323 g/mol. The number of anilines is 2. The first kappa shape index (κ1) is 14.8. The summed E-state index contributed by atoms with van der Waals surface area (Å²) < 4.78 is 8.01. The van der Waals surface area contributed by atoms with Crippen LogP contribution < -0.4 is 15.4 Å². The number of nitrogens with two attached hydrogens (primary N) is 1. The zero-order valence-corrected chi connectivity index (χ0v) is 13.9. The van der Waals surface area contributed by atoms with Gasteiger partial charge >= 0.3 is 0 Å². The Labute approximate surface area is 140 Å². The quantitative estimate of drug-likeness (QED) is 0.785. The van der Waals surface area contributed by atoms with E-state index >= 15 is 0 Å². The van der Waals surface area contributed by atoms with Gasteiger partial charge in [-0.2, -0.15) is 0 Å². The Kier molecular flexibility index (Phi) is 3.52. The van der Waals surface area contributed by atoms with Crippen LogP contribution in [-0.2, 0) is 6.54 Å². The summed E-state index contributed by atoms with van der Waals surface area (Å²) in [4.78, 5) is 10.6. The van der Waals surface area contributed by atoms with Gasteiger partial charge < -0.3 is 19.9 Å². The van der Waals surface area contributed by atoms with Crippen LogP contribution in [0.1, 0.15) is 25.5 Å². The van der Waals surface area contributed by atoms with E-state index in [0.29, 0.717) is 30.9 Å². The number of benzene rings is 1. The molecule has 0 spiro atoms. The highest BCUT2D eigenvalue weighted by Gasteiger charge is 2.20. The first-order valence-corrected chi connectivity index (χ1v) is 8.21. The molecule has 3 aromatic rings. The highest BCUT2D eigenvalue weighted by molar-refractivity contribution is 5.84. The lowest BCUT2D eigenvalue weighted by Gasteiger charge is -2.22. The Bertz CT molecular complexity index is 886. The summed E-state index contributed by atoms with van der Waals surface area (Å²) in [6, 6.07) is 9.18. The fraction of sp³-hybridized carbons (Fsp3) is 0.333. The van der Waals surface area contributed by atoms with Crippen LogP contribution in [0.5, 0.6) is 5.88 Å². The molecule has 6 nitrogen and oxygen atoms in total. The minimum absolute atomic E-state index is 0.448. The lowest BCUT2D eigenvalue weighted by molar-refractivity contribution is 0.319. The molecular weight excluding hydrogens is 302 g/mol. The van der Waals surface area contributed by atoms with Crippen molar-refractivity contribution in [2.45, 2.75) is 26.4 Å². The summed E-state index contributed by atoms with van der Waals surface area (Å²) in [5.41, 5.74) is 9.28. The molecule has 0 saturated carbocycles. The van der Waals surface area contributed by atoms with E-state index in [-0.39, 0.29) is 0 Å². The van der Waals surface area contributed by atoms with E-state index in [4.69, 9.17) is 10.5 Å². The molecule has 4 rings (SSSR count). The molecule has 0 bridgehead atoms. The molecule has 0 unspecified atom stereocenters. The van der Waals surface area contributed by atoms with Crippen LogP contribution in [0.2, 0.25) is 0 Å². The van der Waals surface area contributed by atoms with E-state index in [1.807, 2.05) is 0 Å². The molecule has 1 aliphatic rings. The largest absolute Gasteiger partial charge is 0.475 e. The van der Waals surface area contributed by atoms with Gasteiger partial charge in [-0.15, -0.1) is 0 Å². The standard InChI is InChI=1S/C18H21N5O/c1-12(2)23-6-5-13-9-14(3-4-16(13)23)22-7-8-24-18-15(10-22)17(19)20-11-21-18/h3-6,9,11-12H,7-8,10H2,1-2H3,(H2,19,20,21). The molecule has 6 heteroatoms. The van der Waals surface area contributed by atoms with Crippen LogP contribution in [-0.4, -0.2) is 27.7 Å². The van der Waals surface area contributed by atoms with Gasteiger partial charge in [0.1, 0.15) is 18.8 Å². The summed E-state index contributed by atoms with van der Waals surface area (Å²) in [7, 11) is 0. The second-order valence-corrected chi connectivity index (χ2v) is 6.37. The van der Waals surface area contributed by atoms with Gasteiger partial charge in [-0.05, 0) is 38.1 Å². The van der Waals surface area contributed by atoms with Gasteiger partial charge in [0.2, 0.25) is 5.88 Å². The van der Waals surface area contributed by atoms with Crippen molar-refractivity contribution in [3.63, 3.8) is 0 Å². The maximum Gasteiger partial charge on any atom is 0.223 e. The van der Waals surface area contributed by atoms with Crippen molar-refractivity contribution in [2.75, 3.05) is 23.8 Å². The zero-order valence-electron chi connectivity index (χ0n) is 13.9. The van der Waals surface area contributed by atoms with Crippen molar-refractivity contribution >= 4 is 22.4 Å². The Balaban J connectivity index is 1.71. The van der Waals surface area contributed by atoms with Crippen molar-refractivity contribution in [1.29, 1.82) is 0 Å². The van der Waals surface area contributed by atoms with Crippen LogP contribution in [0.3, 0.4) is 0 Å². The van der Waals surface area contributed by atoms with Gasteiger partial charge in [-0.1, -0.05) is 0 Å². The summed E-state index contributed by atoms with van der Waals surface area (Å²) in [5, 5.41) is 1.24. The molecule has 24 heavy (non-hydrogen) atoms. The molecule has 1 aromatic carbocycles. The number of hydrogen-bond acceptors (Lipinski definition) is 5. The molecule has 2 N–H and O–H groups in total. The lowest BCUT2D eigenvalue weighted by Crippen LogP contribution is -2.25. The maximum atomic E-state index is 6.02. The molecule has 3 heterocycles. The third-order valence-electron chi connectivity index (χ3n) is 4.51.